The number of amides is 1. The van der Waals surface area contributed by atoms with Crippen molar-refractivity contribution in [1.82, 2.24) is 5.32 Å². The van der Waals surface area contributed by atoms with Crippen molar-refractivity contribution in [3.63, 3.8) is 0 Å². The van der Waals surface area contributed by atoms with E-state index < -0.39 is 0 Å². The maximum Gasteiger partial charge on any atom is 0.230 e. The van der Waals surface area contributed by atoms with Gasteiger partial charge in [-0.3, -0.25) is 4.79 Å². The van der Waals surface area contributed by atoms with Crippen molar-refractivity contribution < 1.29 is 9.90 Å². The molecule has 2 unspecified atom stereocenters. The van der Waals surface area contributed by atoms with E-state index in [1.165, 1.54) is 11.8 Å². The van der Waals surface area contributed by atoms with Crippen molar-refractivity contribution >= 4 is 40.9 Å². The quantitative estimate of drug-likeness (QED) is 0.830. The molecule has 0 heterocycles. The minimum absolute atomic E-state index is 0.0282. The molecule has 1 saturated carbocycles. The molecule has 2 atom stereocenters. The summed E-state index contributed by atoms with van der Waals surface area (Å²) >= 11 is 13.3. The average molecular weight is 334 g/mol. The van der Waals surface area contributed by atoms with Gasteiger partial charge >= 0.3 is 0 Å². The third kappa shape index (κ3) is 3.42. The summed E-state index contributed by atoms with van der Waals surface area (Å²) in [5.74, 6) is 0.221. The molecule has 0 spiro atoms. The topological polar surface area (TPSA) is 49.3 Å². The van der Waals surface area contributed by atoms with Crippen molar-refractivity contribution in [3.8, 4) is 0 Å². The Bertz CT molecular complexity index is 522. The van der Waals surface area contributed by atoms with Gasteiger partial charge in [0.2, 0.25) is 5.91 Å². The molecule has 0 aromatic heterocycles. The Kier molecular flexibility index (Phi) is 4.90. The Balaban J connectivity index is 1.86. The number of carbonyl (C=O) groups is 1. The molecule has 0 saturated heterocycles. The summed E-state index contributed by atoms with van der Waals surface area (Å²) in [6.45, 7) is 3.90. The molecule has 1 fully saturated rings. The predicted octanol–water partition coefficient (Wildman–Crippen LogP) is 3.36. The Morgan fingerprint density at radius 2 is 2.20 bits per heavy atom. The van der Waals surface area contributed by atoms with Crippen LogP contribution >= 0.6 is 35.0 Å². The van der Waals surface area contributed by atoms with Crippen molar-refractivity contribution in [2.24, 2.45) is 5.41 Å². The normalized spacial score (nSPS) is 24.1. The lowest BCUT2D eigenvalue weighted by molar-refractivity contribution is -0.126. The van der Waals surface area contributed by atoms with Crippen LogP contribution in [0.15, 0.2) is 23.1 Å². The molecular formula is C14H17Cl2NO2S. The number of rotatable bonds is 4. The van der Waals surface area contributed by atoms with E-state index in [9.17, 15) is 9.90 Å². The molecule has 110 valence electrons. The number of aliphatic hydroxyl groups excluding tert-OH is 1. The van der Waals surface area contributed by atoms with Crippen LogP contribution in [0.5, 0.6) is 0 Å². The summed E-state index contributed by atoms with van der Waals surface area (Å²) in [5, 5.41) is 13.8. The van der Waals surface area contributed by atoms with Crippen LogP contribution in [0.2, 0.25) is 10.0 Å². The van der Waals surface area contributed by atoms with Crippen LogP contribution in [0.1, 0.15) is 20.3 Å². The van der Waals surface area contributed by atoms with Crippen molar-refractivity contribution in [3.05, 3.63) is 28.2 Å². The van der Waals surface area contributed by atoms with Gasteiger partial charge < -0.3 is 10.4 Å². The van der Waals surface area contributed by atoms with E-state index in [1.54, 1.807) is 18.2 Å². The number of hydrogen-bond acceptors (Lipinski definition) is 3. The molecule has 2 N–H and O–H groups in total. The van der Waals surface area contributed by atoms with Crippen molar-refractivity contribution in [2.45, 2.75) is 37.3 Å². The molecule has 20 heavy (non-hydrogen) atoms. The summed E-state index contributed by atoms with van der Waals surface area (Å²) in [6.07, 6.45) is 0.268. The molecular weight excluding hydrogens is 317 g/mol. The SMILES string of the molecule is CC1(C)C(O)CC1NC(=O)CSc1cc(Cl)ccc1Cl. The minimum Gasteiger partial charge on any atom is -0.392 e. The zero-order valence-electron chi connectivity index (χ0n) is 11.3. The lowest BCUT2D eigenvalue weighted by Gasteiger charge is -2.49. The molecule has 2 rings (SSSR count). The van der Waals surface area contributed by atoms with Gasteiger partial charge in [0.25, 0.3) is 0 Å². The number of hydrogen-bond donors (Lipinski definition) is 2. The van der Waals surface area contributed by atoms with Gasteiger partial charge in [-0.05, 0) is 24.6 Å². The summed E-state index contributed by atoms with van der Waals surface area (Å²) in [7, 11) is 0. The highest BCUT2D eigenvalue weighted by molar-refractivity contribution is 8.00. The van der Waals surface area contributed by atoms with Crippen LogP contribution in [-0.4, -0.2) is 28.9 Å². The van der Waals surface area contributed by atoms with Crippen LogP contribution < -0.4 is 5.32 Å². The van der Waals surface area contributed by atoms with Gasteiger partial charge in [-0.1, -0.05) is 37.0 Å². The molecule has 0 radical (unpaired) electrons. The molecule has 1 aliphatic carbocycles. The summed E-state index contributed by atoms with van der Waals surface area (Å²) < 4.78 is 0. The third-order valence-electron chi connectivity index (χ3n) is 3.80. The fraction of sp³-hybridized carbons (Fsp3) is 0.500. The first-order chi connectivity index (χ1) is 9.30. The Morgan fingerprint density at radius 1 is 1.50 bits per heavy atom. The van der Waals surface area contributed by atoms with E-state index >= 15 is 0 Å². The zero-order valence-corrected chi connectivity index (χ0v) is 13.6. The second kappa shape index (κ2) is 6.14. The fourth-order valence-electron chi connectivity index (χ4n) is 2.11. The standard InChI is InChI=1S/C14H17Cl2NO2S/c1-14(2)11(6-12(14)18)17-13(19)7-20-10-5-8(15)3-4-9(10)16/h3-5,11-12,18H,6-7H2,1-2H3,(H,17,19). The monoisotopic (exact) mass is 333 g/mol. The highest BCUT2D eigenvalue weighted by atomic mass is 35.5. The van der Waals surface area contributed by atoms with E-state index in [0.29, 0.717) is 16.5 Å². The molecule has 1 amide bonds. The van der Waals surface area contributed by atoms with Gasteiger partial charge in [0.15, 0.2) is 0 Å². The first kappa shape index (κ1) is 16.0. The third-order valence-corrected chi connectivity index (χ3v) is 5.54. The first-order valence-electron chi connectivity index (χ1n) is 6.36. The number of aliphatic hydroxyl groups is 1. The number of nitrogens with one attached hydrogen (secondary N) is 1. The molecule has 3 nitrogen and oxygen atoms in total. The lowest BCUT2D eigenvalue weighted by Crippen LogP contribution is -2.61. The summed E-state index contributed by atoms with van der Waals surface area (Å²) in [5.41, 5.74) is -0.256. The number of benzene rings is 1. The molecule has 0 aliphatic heterocycles. The van der Waals surface area contributed by atoms with E-state index in [2.05, 4.69) is 5.32 Å². The van der Waals surface area contributed by atoms with Gasteiger partial charge in [-0.25, -0.2) is 0 Å². The van der Waals surface area contributed by atoms with Crippen LogP contribution in [0.3, 0.4) is 0 Å². The van der Waals surface area contributed by atoms with E-state index in [-0.39, 0.29) is 29.2 Å². The maximum absolute atomic E-state index is 11.9. The molecule has 1 aliphatic rings. The van der Waals surface area contributed by atoms with Gasteiger partial charge in [-0.2, -0.15) is 0 Å². The first-order valence-corrected chi connectivity index (χ1v) is 8.10. The molecule has 0 bridgehead atoms. The average Bonchev–Trinajstić information content (AvgIpc) is 2.39. The second-order valence-corrected chi connectivity index (χ2v) is 7.42. The van der Waals surface area contributed by atoms with Crippen LogP contribution in [-0.2, 0) is 4.79 Å². The van der Waals surface area contributed by atoms with E-state index in [1.807, 2.05) is 13.8 Å². The lowest BCUT2D eigenvalue weighted by atomic mass is 9.64. The molecule has 1 aromatic carbocycles. The second-order valence-electron chi connectivity index (χ2n) is 5.56. The highest BCUT2D eigenvalue weighted by Gasteiger charge is 2.47. The van der Waals surface area contributed by atoms with Crippen LogP contribution in [0.4, 0.5) is 0 Å². The van der Waals surface area contributed by atoms with Gasteiger partial charge in [0.1, 0.15) is 0 Å². The predicted molar refractivity (Wildman–Crippen MR) is 83.5 cm³/mol. The summed E-state index contributed by atoms with van der Waals surface area (Å²) in [6, 6.07) is 5.21. The number of halogens is 2. The van der Waals surface area contributed by atoms with Crippen LogP contribution in [0, 0.1) is 5.41 Å². The number of carbonyl (C=O) groups excluding carboxylic acids is 1. The Hall–Kier alpha value is -0.420. The molecule has 6 heteroatoms. The Morgan fingerprint density at radius 3 is 2.80 bits per heavy atom. The van der Waals surface area contributed by atoms with Crippen molar-refractivity contribution in [1.29, 1.82) is 0 Å². The largest absolute Gasteiger partial charge is 0.392 e. The highest BCUT2D eigenvalue weighted by Crippen LogP contribution is 2.40. The Labute approximate surface area is 133 Å². The van der Waals surface area contributed by atoms with Crippen molar-refractivity contribution in [2.75, 3.05) is 5.75 Å². The summed E-state index contributed by atoms with van der Waals surface area (Å²) in [4.78, 5) is 12.7. The van der Waals surface area contributed by atoms with E-state index in [4.69, 9.17) is 23.2 Å². The fourth-order valence-corrected chi connectivity index (χ4v) is 3.42. The minimum atomic E-state index is -0.345. The number of thioether (sulfide) groups is 1. The van der Waals surface area contributed by atoms with Crippen LogP contribution in [0.25, 0.3) is 0 Å². The molecule has 1 aromatic rings. The maximum atomic E-state index is 11.9. The smallest absolute Gasteiger partial charge is 0.230 e. The van der Waals surface area contributed by atoms with Gasteiger partial charge in [0, 0.05) is 21.4 Å². The van der Waals surface area contributed by atoms with Gasteiger partial charge in [0.05, 0.1) is 16.9 Å². The zero-order chi connectivity index (χ0) is 14.9. The van der Waals surface area contributed by atoms with E-state index in [0.717, 1.165) is 4.90 Å². The van der Waals surface area contributed by atoms with Gasteiger partial charge in [-0.15, -0.1) is 11.8 Å².